The molecule has 0 bridgehead atoms. The Balaban J connectivity index is 3.13. The van der Waals surface area contributed by atoms with Crippen molar-refractivity contribution in [1.29, 1.82) is 0 Å². The second-order valence-electron chi connectivity index (χ2n) is 6.97. The van der Waals surface area contributed by atoms with E-state index < -0.39 is 53.7 Å². The molecule has 5 atom stereocenters. The molecule has 0 unspecified atom stereocenters. The maximum Gasteiger partial charge on any atom is 0.303 e. The number of carbonyl (C=O) groups excluding carboxylic acids is 5. The fourth-order valence-corrected chi connectivity index (χ4v) is 3.89. The topological polar surface area (TPSA) is 144 Å². The van der Waals surface area contributed by atoms with E-state index in [4.69, 9.17) is 23.7 Å². The Morgan fingerprint density at radius 3 is 1.88 bits per heavy atom. The van der Waals surface area contributed by atoms with Crippen LogP contribution in [0, 0.1) is 0 Å². The lowest BCUT2D eigenvalue weighted by Crippen LogP contribution is -2.61. The quantitative estimate of drug-likeness (QED) is 0.204. The average Bonchev–Trinajstić information content (AvgIpc) is 2.66. The molecule has 0 spiro atoms. The molecule has 180 valence electrons. The first-order valence-electron chi connectivity index (χ1n) is 9.78. The Morgan fingerprint density at radius 1 is 0.844 bits per heavy atom. The first-order valence-corrected chi connectivity index (χ1v) is 10.8. The number of hydrogen-bond acceptors (Lipinski definition) is 11. The first-order chi connectivity index (χ1) is 14.9. The van der Waals surface area contributed by atoms with Crippen LogP contribution in [0.3, 0.4) is 0 Å². The molecule has 11 nitrogen and oxygen atoms in total. The van der Waals surface area contributed by atoms with E-state index in [0.29, 0.717) is 11.3 Å². The molecule has 32 heavy (non-hydrogen) atoms. The standard InChI is InChI=1S/C20H29NO10S/c1-10(2)19(26)21-7-8-32-20-18(30-14(6)25)17(29-13(5)24)16(28-12(4)23)15(31-20)9-27-11(3)22/h15-18,20H,1,7-9H2,2-6H3,(H,21,26)/t15-,16-,17+,18+,20-/m0/s1. The minimum absolute atomic E-state index is 0.253. The summed E-state index contributed by atoms with van der Waals surface area (Å²) in [6.07, 6.45) is -4.53. The van der Waals surface area contributed by atoms with Gasteiger partial charge in [-0.2, -0.15) is 0 Å². The zero-order valence-electron chi connectivity index (χ0n) is 18.7. The van der Waals surface area contributed by atoms with Gasteiger partial charge in [-0.25, -0.2) is 0 Å². The number of ether oxygens (including phenoxy) is 5. The number of amides is 1. The molecular formula is C20H29NO10S. The lowest BCUT2D eigenvalue weighted by Gasteiger charge is -2.44. The van der Waals surface area contributed by atoms with Gasteiger partial charge in [0.2, 0.25) is 5.91 Å². The Hall–Kier alpha value is -2.60. The van der Waals surface area contributed by atoms with Gasteiger partial charge in [-0.15, -0.1) is 11.8 Å². The fourth-order valence-electron chi connectivity index (χ4n) is 2.81. The average molecular weight is 476 g/mol. The van der Waals surface area contributed by atoms with Crippen LogP contribution in [0.5, 0.6) is 0 Å². The number of carbonyl (C=O) groups is 5. The van der Waals surface area contributed by atoms with Gasteiger partial charge < -0.3 is 29.0 Å². The van der Waals surface area contributed by atoms with Gasteiger partial charge in [-0.3, -0.25) is 24.0 Å². The molecule has 0 aromatic heterocycles. The Morgan fingerprint density at radius 2 is 1.38 bits per heavy atom. The van der Waals surface area contributed by atoms with Crippen molar-refractivity contribution in [2.24, 2.45) is 0 Å². The van der Waals surface area contributed by atoms with Crippen molar-refractivity contribution in [3.8, 4) is 0 Å². The number of nitrogens with one attached hydrogen (secondary N) is 1. The number of thioether (sulfide) groups is 1. The summed E-state index contributed by atoms with van der Waals surface area (Å²) in [5.41, 5.74) is -0.528. The molecule has 1 fully saturated rings. The third-order valence-corrected chi connectivity index (χ3v) is 5.15. The monoisotopic (exact) mass is 475 g/mol. The van der Waals surface area contributed by atoms with Crippen LogP contribution in [-0.2, 0) is 47.7 Å². The molecule has 0 saturated carbocycles. The van der Waals surface area contributed by atoms with Gasteiger partial charge in [0.05, 0.1) is 0 Å². The summed E-state index contributed by atoms with van der Waals surface area (Å²) in [4.78, 5) is 58.1. The van der Waals surface area contributed by atoms with Crippen molar-refractivity contribution in [2.75, 3.05) is 18.9 Å². The van der Waals surface area contributed by atoms with Crippen molar-refractivity contribution in [3.63, 3.8) is 0 Å². The van der Waals surface area contributed by atoms with Crippen LogP contribution in [0.25, 0.3) is 0 Å². The minimum Gasteiger partial charge on any atom is -0.463 e. The lowest BCUT2D eigenvalue weighted by molar-refractivity contribution is -0.237. The molecule has 1 N–H and O–H groups in total. The van der Waals surface area contributed by atoms with Crippen LogP contribution in [0.4, 0.5) is 0 Å². The van der Waals surface area contributed by atoms with Crippen molar-refractivity contribution in [1.82, 2.24) is 5.32 Å². The summed E-state index contributed by atoms with van der Waals surface area (Å²) in [6, 6.07) is 0. The predicted octanol–water partition coefficient (Wildman–Crippen LogP) is 0.495. The summed E-state index contributed by atoms with van der Waals surface area (Å²) in [6.45, 7) is 9.76. The summed E-state index contributed by atoms with van der Waals surface area (Å²) < 4.78 is 27.0. The summed E-state index contributed by atoms with van der Waals surface area (Å²) >= 11 is 1.17. The molecule has 1 aliphatic heterocycles. The zero-order valence-corrected chi connectivity index (χ0v) is 19.5. The molecule has 1 heterocycles. The van der Waals surface area contributed by atoms with E-state index in [1.165, 1.54) is 25.6 Å². The second kappa shape index (κ2) is 13.1. The van der Waals surface area contributed by atoms with Crippen LogP contribution in [-0.4, -0.2) is 78.5 Å². The predicted molar refractivity (Wildman–Crippen MR) is 112 cm³/mol. The minimum atomic E-state index is -1.21. The van der Waals surface area contributed by atoms with Crippen molar-refractivity contribution in [2.45, 2.75) is 64.5 Å². The summed E-state index contributed by atoms with van der Waals surface area (Å²) in [5.74, 6) is -2.63. The maximum atomic E-state index is 11.8. The van der Waals surface area contributed by atoms with Crippen LogP contribution >= 0.6 is 11.8 Å². The highest BCUT2D eigenvalue weighted by Crippen LogP contribution is 2.34. The van der Waals surface area contributed by atoms with Crippen LogP contribution in [0.1, 0.15) is 34.6 Å². The van der Waals surface area contributed by atoms with Crippen molar-refractivity contribution < 1.29 is 47.7 Å². The van der Waals surface area contributed by atoms with Crippen LogP contribution < -0.4 is 5.32 Å². The van der Waals surface area contributed by atoms with Crippen LogP contribution in [0.2, 0.25) is 0 Å². The van der Waals surface area contributed by atoms with E-state index in [2.05, 4.69) is 11.9 Å². The third-order valence-electron chi connectivity index (χ3n) is 4.01. The second-order valence-corrected chi connectivity index (χ2v) is 8.18. The van der Waals surface area contributed by atoms with Gasteiger partial charge in [0.1, 0.15) is 18.1 Å². The third kappa shape index (κ3) is 9.27. The molecule has 12 heteroatoms. The fraction of sp³-hybridized carbons (Fsp3) is 0.650. The lowest BCUT2D eigenvalue weighted by atomic mass is 9.99. The largest absolute Gasteiger partial charge is 0.463 e. The van der Waals surface area contributed by atoms with Gasteiger partial charge in [0.15, 0.2) is 18.3 Å². The molecule has 0 radical (unpaired) electrons. The van der Waals surface area contributed by atoms with E-state index in [1.54, 1.807) is 6.92 Å². The van der Waals surface area contributed by atoms with E-state index in [9.17, 15) is 24.0 Å². The highest BCUT2D eigenvalue weighted by Gasteiger charge is 2.52. The van der Waals surface area contributed by atoms with E-state index in [1.807, 2.05) is 0 Å². The Kier molecular flexibility index (Phi) is 11.2. The van der Waals surface area contributed by atoms with Gasteiger partial charge in [-0.1, -0.05) is 6.58 Å². The smallest absolute Gasteiger partial charge is 0.303 e. The van der Waals surface area contributed by atoms with Gasteiger partial charge in [-0.05, 0) is 6.92 Å². The highest BCUT2D eigenvalue weighted by molar-refractivity contribution is 7.99. The number of esters is 4. The Bertz CT molecular complexity index is 740. The highest BCUT2D eigenvalue weighted by atomic mass is 32.2. The van der Waals surface area contributed by atoms with Crippen molar-refractivity contribution >= 4 is 41.5 Å². The van der Waals surface area contributed by atoms with Crippen LogP contribution in [0.15, 0.2) is 12.2 Å². The van der Waals surface area contributed by atoms with Gasteiger partial charge in [0.25, 0.3) is 0 Å². The molecule has 0 aromatic rings. The number of hydrogen-bond donors (Lipinski definition) is 1. The number of rotatable bonds is 10. The normalized spacial score (nSPS) is 24.6. The van der Waals surface area contributed by atoms with Crippen molar-refractivity contribution in [3.05, 3.63) is 12.2 Å². The molecule has 1 amide bonds. The van der Waals surface area contributed by atoms with Gasteiger partial charge in [0, 0.05) is 45.6 Å². The zero-order chi connectivity index (χ0) is 24.4. The SMILES string of the molecule is C=C(C)C(=O)NCCS[C@@H]1O[C@@H](COC(C)=O)[C@H](OC(C)=O)[C@@H](OC(C)=O)[C@H]1OC(C)=O. The molecule has 1 aliphatic rings. The van der Waals surface area contributed by atoms with E-state index >= 15 is 0 Å². The Labute approximate surface area is 190 Å². The first kappa shape index (κ1) is 27.4. The molecule has 1 saturated heterocycles. The van der Waals surface area contributed by atoms with Gasteiger partial charge >= 0.3 is 23.9 Å². The molecular weight excluding hydrogens is 446 g/mol. The van der Waals surface area contributed by atoms with E-state index in [0.717, 1.165) is 13.8 Å². The maximum absolute atomic E-state index is 11.8. The summed E-state index contributed by atoms with van der Waals surface area (Å²) in [7, 11) is 0. The summed E-state index contributed by atoms with van der Waals surface area (Å²) in [5, 5.41) is 2.66. The van der Waals surface area contributed by atoms with E-state index in [-0.39, 0.29) is 19.1 Å². The molecule has 0 aliphatic carbocycles. The molecule has 0 aromatic carbocycles. The molecule has 1 rings (SSSR count).